The third-order valence-corrected chi connectivity index (χ3v) is 2.86. The topological polar surface area (TPSA) is 138 Å². The number of carbonyl (C=O) groups excluding carboxylic acids is 4. The number of carboxylic acid groups (broad SMARTS) is 2. The van der Waals surface area contributed by atoms with Gasteiger partial charge in [0, 0.05) is 38.9 Å². The molecule has 0 fully saturated rings. The molecule has 0 aliphatic carbocycles. The van der Waals surface area contributed by atoms with Crippen molar-refractivity contribution in [3.05, 3.63) is 0 Å². The van der Waals surface area contributed by atoms with Gasteiger partial charge in [-0.05, 0) is 38.5 Å². The summed E-state index contributed by atoms with van der Waals surface area (Å²) in [6, 6.07) is 0. The Hall–Kier alpha value is -1.35. The van der Waals surface area contributed by atoms with E-state index in [1.54, 1.807) is 0 Å². The van der Waals surface area contributed by atoms with Crippen LogP contribution in [0.15, 0.2) is 0 Å². The molecule has 0 saturated carbocycles. The molecule has 0 spiro atoms. The van der Waals surface area contributed by atoms with E-state index >= 15 is 0 Å². The van der Waals surface area contributed by atoms with Gasteiger partial charge in [0.05, 0.1) is 0 Å². The van der Waals surface area contributed by atoms with Gasteiger partial charge in [-0.15, -0.1) is 0 Å². The smallest absolute Gasteiger partial charge is 0.550 e. The molecule has 0 saturated heterocycles. The van der Waals surface area contributed by atoms with Gasteiger partial charge in [0.15, 0.2) is 0 Å². The first kappa shape index (κ1) is 28.4. The van der Waals surface area contributed by atoms with E-state index in [4.69, 9.17) is 0 Å². The van der Waals surface area contributed by atoms with Crippen molar-refractivity contribution in [3.63, 3.8) is 0 Å². The quantitative estimate of drug-likeness (QED) is 0.317. The summed E-state index contributed by atoms with van der Waals surface area (Å²) in [7, 11) is 0. The number of hydrogen-bond acceptors (Lipinski definition) is 6. The monoisotopic (exact) mass is 368 g/mol. The van der Waals surface area contributed by atoms with Gasteiger partial charge in [0.2, 0.25) is 11.8 Å². The van der Waals surface area contributed by atoms with Crippen molar-refractivity contribution in [1.29, 1.82) is 0 Å². The van der Waals surface area contributed by atoms with E-state index in [1.807, 2.05) is 0 Å². The van der Waals surface area contributed by atoms with Crippen LogP contribution in [0.5, 0.6) is 0 Å². The number of unbranched alkanes of at least 4 members (excludes halogenated alkanes) is 4. The molecule has 0 aliphatic heterocycles. The van der Waals surface area contributed by atoms with E-state index in [0.717, 1.165) is 25.7 Å². The number of amides is 2. The molecular weight excluding hydrogens is 340 g/mol. The second kappa shape index (κ2) is 20.7. The Kier molecular flexibility index (Phi) is 23.5. The van der Waals surface area contributed by atoms with E-state index in [2.05, 4.69) is 10.6 Å². The molecule has 2 amide bonds. The average Bonchev–Trinajstić information content (AvgIpc) is 2.46. The fourth-order valence-corrected chi connectivity index (χ4v) is 1.67. The third-order valence-electron chi connectivity index (χ3n) is 2.86. The summed E-state index contributed by atoms with van der Waals surface area (Å²) in [6.07, 6.45) is 4.76. The first-order valence-electron chi connectivity index (χ1n) is 8.14. The van der Waals surface area contributed by atoms with Gasteiger partial charge in [-0.25, -0.2) is 0 Å². The van der Waals surface area contributed by atoms with E-state index in [0.29, 0.717) is 25.9 Å². The molecule has 0 unspecified atom stereocenters. The summed E-state index contributed by atoms with van der Waals surface area (Å²) in [5.74, 6) is -2.10. The van der Waals surface area contributed by atoms with Crippen molar-refractivity contribution in [2.75, 3.05) is 13.1 Å². The number of carboxylic acids is 2. The van der Waals surface area contributed by atoms with E-state index in [-0.39, 0.29) is 47.7 Å². The molecule has 8 nitrogen and oxygen atoms in total. The van der Waals surface area contributed by atoms with E-state index in [1.165, 1.54) is 13.8 Å². The van der Waals surface area contributed by atoms with Crippen molar-refractivity contribution >= 4 is 46.8 Å². The van der Waals surface area contributed by atoms with Crippen molar-refractivity contribution in [1.82, 2.24) is 10.6 Å². The van der Waals surface area contributed by atoms with Crippen LogP contribution in [0.2, 0.25) is 0 Å². The Labute approximate surface area is 165 Å². The van der Waals surface area contributed by atoms with Crippen molar-refractivity contribution in [3.8, 4) is 0 Å². The molecule has 0 aliphatic rings. The largest absolute Gasteiger partial charge is 2.00 e. The standard InChI is InChI=1S/2C8H15NO3.Mg/c2*1-7(10)9-6-4-2-3-5-8(11)12;/h2*2-6H2,1H3,(H,9,10)(H,11,12);/q;;+2/p-2. The Morgan fingerprint density at radius 1 is 0.640 bits per heavy atom. The third kappa shape index (κ3) is 34.8. The van der Waals surface area contributed by atoms with Gasteiger partial charge in [-0.3, -0.25) is 9.59 Å². The van der Waals surface area contributed by atoms with Crippen LogP contribution in [-0.2, 0) is 19.2 Å². The molecule has 2 N–H and O–H groups in total. The summed E-state index contributed by atoms with van der Waals surface area (Å²) in [5, 5.41) is 25.2. The normalized spacial score (nSPS) is 9.04. The van der Waals surface area contributed by atoms with Crippen molar-refractivity contribution < 1.29 is 29.4 Å². The zero-order valence-corrected chi connectivity index (χ0v) is 16.6. The van der Waals surface area contributed by atoms with Gasteiger partial charge < -0.3 is 30.4 Å². The van der Waals surface area contributed by atoms with E-state index < -0.39 is 11.9 Å². The molecule has 0 aromatic carbocycles. The summed E-state index contributed by atoms with van der Waals surface area (Å²) < 4.78 is 0. The molecule has 0 bridgehead atoms. The minimum Gasteiger partial charge on any atom is -0.550 e. The van der Waals surface area contributed by atoms with Crippen LogP contribution in [0, 0.1) is 0 Å². The number of nitrogens with one attached hydrogen (secondary N) is 2. The fourth-order valence-electron chi connectivity index (χ4n) is 1.67. The van der Waals surface area contributed by atoms with Gasteiger partial charge in [-0.1, -0.05) is 12.8 Å². The second-order valence-corrected chi connectivity index (χ2v) is 5.33. The number of rotatable bonds is 12. The van der Waals surface area contributed by atoms with Gasteiger partial charge in [0.25, 0.3) is 0 Å². The summed E-state index contributed by atoms with van der Waals surface area (Å²) in [5.41, 5.74) is 0. The Balaban J connectivity index is -0.000000372. The predicted octanol–water partition coefficient (Wildman–Crippen LogP) is -1.52. The van der Waals surface area contributed by atoms with Gasteiger partial charge in [0.1, 0.15) is 0 Å². The Bertz CT molecular complexity index is 319. The molecule has 0 aromatic heterocycles. The van der Waals surface area contributed by atoms with Crippen LogP contribution < -0.4 is 20.8 Å². The first-order chi connectivity index (χ1) is 11.3. The average molecular weight is 369 g/mol. The summed E-state index contributed by atoms with van der Waals surface area (Å²) >= 11 is 0. The molecule has 0 aromatic rings. The van der Waals surface area contributed by atoms with Crippen molar-refractivity contribution in [2.45, 2.75) is 65.2 Å². The molecule has 140 valence electrons. The van der Waals surface area contributed by atoms with Gasteiger partial charge >= 0.3 is 23.1 Å². The fraction of sp³-hybridized carbons (Fsp3) is 0.750. The minimum atomic E-state index is -1.01. The van der Waals surface area contributed by atoms with Crippen LogP contribution in [-0.4, -0.2) is 59.9 Å². The summed E-state index contributed by atoms with van der Waals surface area (Å²) in [6.45, 7) is 4.17. The predicted molar refractivity (Wildman–Crippen MR) is 90.1 cm³/mol. The van der Waals surface area contributed by atoms with Crippen molar-refractivity contribution in [2.24, 2.45) is 0 Å². The molecule has 0 rings (SSSR count). The second-order valence-electron chi connectivity index (χ2n) is 5.33. The zero-order chi connectivity index (χ0) is 18.8. The number of aliphatic carboxylic acids is 2. The Morgan fingerprint density at radius 3 is 1.20 bits per heavy atom. The van der Waals surface area contributed by atoms with E-state index in [9.17, 15) is 29.4 Å². The first-order valence-corrected chi connectivity index (χ1v) is 8.14. The minimum absolute atomic E-state index is 0. The molecule has 0 atom stereocenters. The maximum Gasteiger partial charge on any atom is 2.00 e. The SMILES string of the molecule is CC(=O)NCCCCCC(=O)[O-].CC(=O)NCCCCCC(=O)[O-].[Mg+2]. The van der Waals surface area contributed by atoms with Gasteiger partial charge in [-0.2, -0.15) is 0 Å². The molecule has 25 heavy (non-hydrogen) atoms. The van der Waals surface area contributed by atoms with Crippen LogP contribution >= 0.6 is 0 Å². The molecule has 0 radical (unpaired) electrons. The maximum absolute atomic E-state index is 10.4. The summed E-state index contributed by atoms with van der Waals surface area (Å²) in [4.78, 5) is 40.7. The molecule has 0 heterocycles. The number of hydrogen-bond donors (Lipinski definition) is 2. The number of carbonyl (C=O) groups is 4. The molecule has 9 heteroatoms. The maximum atomic E-state index is 10.4. The van der Waals surface area contributed by atoms with Crippen LogP contribution in [0.3, 0.4) is 0 Å². The Morgan fingerprint density at radius 2 is 0.960 bits per heavy atom. The zero-order valence-electron chi connectivity index (χ0n) is 15.2. The van der Waals surface area contributed by atoms with Crippen LogP contribution in [0.25, 0.3) is 0 Å². The molecular formula is C16H28MgN2O6. The van der Waals surface area contributed by atoms with Crippen LogP contribution in [0.4, 0.5) is 0 Å². The van der Waals surface area contributed by atoms with Crippen LogP contribution in [0.1, 0.15) is 65.2 Å².